The second kappa shape index (κ2) is 8.94. The van der Waals surface area contributed by atoms with E-state index in [2.05, 4.69) is 43.7 Å². The monoisotopic (exact) mass is 473 g/mol. The predicted molar refractivity (Wildman–Crippen MR) is 116 cm³/mol. The van der Waals surface area contributed by atoms with Gasteiger partial charge in [-0.25, -0.2) is 0 Å². The Bertz CT molecular complexity index is 802. The van der Waals surface area contributed by atoms with Crippen LogP contribution >= 0.6 is 31.9 Å². The van der Waals surface area contributed by atoms with E-state index in [0.29, 0.717) is 13.1 Å². The van der Waals surface area contributed by atoms with E-state index in [-0.39, 0.29) is 5.78 Å². The van der Waals surface area contributed by atoms with Crippen LogP contribution in [0.2, 0.25) is 0 Å². The average Bonchev–Trinajstić information content (AvgIpc) is 2.59. The summed E-state index contributed by atoms with van der Waals surface area (Å²) in [5.74, 6) is 0.150. The standard InChI is InChI=1S/C22H21Br2NO/c1-2-9-25-14-18(10-16-5-3-7-20(23)12-16)22(26)19(15-25)11-17-6-4-8-21(24)13-17/h3-8,10-13H,2,9,14-15H2,1H3. The molecule has 0 atom stereocenters. The van der Waals surface area contributed by atoms with Gasteiger partial charge in [-0.1, -0.05) is 63.0 Å². The first kappa shape index (κ1) is 19.3. The van der Waals surface area contributed by atoms with Gasteiger partial charge in [0.25, 0.3) is 0 Å². The van der Waals surface area contributed by atoms with Gasteiger partial charge in [0.15, 0.2) is 5.78 Å². The maximum atomic E-state index is 13.1. The van der Waals surface area contributed by atoms with Crippen molar-refractivity contribution in [3.05, 3.63) is 79.7 Å². The Balaban J connectivity index is 1.96. The fraction of sp³-hybridized carbons (Fsp3) is 0.227. The lowest BCUT2D eigenvalue weighted by Gasteiger charge is -2.29. The van der Waals surface area contributed by atoms with Crippen LogP contribution < -0.4 is 0 Å². The Morgan fingerprint density at radius 3 is 1.85 bits per heavy atom. The molecule has 134 valence electrons. The van der Waals surface area contributed by atoms with Gasteiger partial charge in [-0.2, -0.15) is 0 Å². The fourth-order valence-corrected chi connectivity index (χ4v) is 4.01. The SMILES string of the molecule is CCCN1CC(=Cc2cccc(Br)c2)C(=O)C(=Cc2cccc(Br)c2)C1. The summed E-state index contributed by atoms with van der Waals surface area (Å²) in [5.41, 5.74) is 3.79. The highest BCUT2D eigenvalue weighted by Gasteiger charge is 2.25. The molecule has 4 heteroatoms. The van der Waals surface area contributed by atoms with Gasteiger partial charge in [-0.3, -0.25) is 9.69 Å². The number of likely N-dealkylation sites (tertiary alicyclic amines) is 1. The number of carbonyl (C=O) groups excluding carboxylic acids is 1. The average molecular weight is 475 g/mol. The topological polar surface area (TPSA) is 20.3 Å². The van der Waals surface area contributed by atoms with Gasteiger partial charge in [0.05, 0.1) is 0 Å². The van der Waals surface area contributed by atoms with Crippen LogP contribution in [0.25, 0.3) is 12.2 Å². The van der Waals surface area contributed by atoms with E-state index < -0.39 is 0 Å². The first-order valence-corrected chi connectivity index (χ1v) is 10.3. The summed E-state index contributed by atoms with van der Waals surface area (Å²) in [4.78, 5) is 15.4. The number of halogens is 2. The van der Waals surface area contributed by atoms with Crippen molar-refractivity contribution in [2.45, 2.75) is 13.3 Å². The minimum atomic E-state index is 0.150. The number of rotatable bonds is 4. The number of hydrogen-bond donors (Lipinski definition) is 0. The first-order valence-electron chi connectivity index (χ1n) is 8.74. The van der Waals surface area contributed by atoms with Crippen molar-refractivity contribution in [2.24, 2.45) is 0 Å². The molecule has 0 unspecified atom stereocenters. The van der Waals surface area contributed by atoms with E-state index in [1.807, 2.05) is 60.7 Å². The van der Waals surface area contributed by atoms with Gasteiger partial charge < -0.3 is 0 Å². The highest BCUT2D eigenvalue weighted by molar-refractivity contribution is 9.10. The van der Waals surface area contributed by atoms with Crippen molar-refractivity contribution in [3.8, 4) is 0 Å². The number of Topliss-reactive ketones (excluding diaryl/α,β-unsaturated/α-hetero) is 1. The van der Waals surface area contributed by atoms with Gasteiger partial charge in [0.2, 0.25) is 0 Å². The molecule has 0 amide bonds. The third-order valence-corrected chi connectivity index (χ3v) is 5.28. The predicted octanol–water partition coefficient (Wildman–Crippen LogP) is 5.97. The molecule has 1 fully saturated rings. The normalized spacial score (nSPS) is 18.7. The highest BCUT2D eigenvalue weighted by atomic mass is 79.9. The van der Waals surface area contributed by atoms with Crippen molar-refractivity contribution < 1.29 is 4.79 Å². The van der Waals surface area contributed by atoms with E-state index >= 15 is 0 Å². The van der Waals surface area contributed by atoms with Gasteiger partial charge in [-0.05, 0) is 60.5 Å². The minimum Gasteiger partial charge on any atom is -0.295 e. The number of ketones is 1. The zero-order chi connectivity index (χ0) is 18.5. The first-order chi connectivity index (χ1) is 12.5. The summed E-state index contributed by atoms with van der Waals surface area (Å²) in [6, 6.07) is 16.1. The summed E-state index contributed by atoms with van der Waals surface area (Å²) >= 11 is 7.00. The van der Waals surface area contributed by atoms with Gasteiger partial charge in [0, 0.05) is 33.2 Å². The van der Waals surface area contributed by atoms with Crippen molar-refractivity contribution in [2.75, 3.05) is 19.6 Å². The molecule has 0 N–H and O–H groups in total. The number of hydrogen-bond acceptors (Lipinski definition) is 2. The quantitative estimate of drug-likeness (QED) is 0.508. The van der Waals surface area contributed by atoms with Crippen LogP contribution in [-0.2, 0) is 4.79 Å². The second-order valence-corrected chi connectivity index (χ2v) is 8.32. The molecule has 0 radical (unpaired) electrons. The molecule has 0 aliphatic carbocycles. The summed E-state index contributed by atoms with van der Waals surface area (Å²) in [5, 5.41) is 0. The molecule has 2 nitrogen and oxygen atoms in total. The van der Waals surface area contributed by atoms with Crippen LogP contribution in [0.4, 0.5) is 0 Å². The smallest absolute Gasteiger partial charge is 0.187 e. The number of carbonyl (C=O) groups is 1. The Labute approximate surface area is 171 Å². The number of piperidine rings is 1. The lowest BCUT2D eigenvalue weighted by Crippen LogP contribution is -2.38. The maximum Gasteiger partial charge on any atom is 0.187 e. The van der Waals surface area contributed by atoms with E-state index in [9.17, 15) is 4.79 Å². The van der Waals surface area contributed by atoms with E-state index in [4.69, 9.17) is 0 Å². The molecule has 26 heavy (non-hydrogen) atoms. The van der Waals surface area contributed by atoms with E-state index in [0.717, 1.165) is 44.2 Å². The van der Waals surface area contributed by atoms with Crippen molar-refractivity contribution in [1.29, 1.82) is 0 Å². The van der Waals surface area contributed by atoms with E-state index in [1.165, 1.54) is 0 Å². The molecular formula is C22H21Br2NO. The van der Waals surface area contributed by atoms with Crippen LogP contribution in [0.3, 0.4) is 0 Å². The zero-order valence-electron chi connectivity index (χ0n) is 14.7. The molecular weight excluding hydrogens is 454 g/mol. The van der Waals surface area contributed by atoms with Crippen molar-refractivity contribution in [1.82, 2.24) is 4.90 Å². The molecule has 1 aliphatic rings. The summed E-state index contributed by atoms with van der Waals surface area (Å²) < 4.78 is 2.04. The van der Waals surface area contributed by atoms with Gasteiger partial charge in [0.1, 0.15) is 0 Å². The van der Waals surface area contributed by atoms with Crippen LogP contribution in [0.1, 0.15) is 24.5 Å². The molecule has 3 rings (SSSR count). The Hall–Kier alpha value is -1.49. The molecule has 0 spiro atoms. The van der Waals surface area contributed by atoms with Crippen LogP contribution in [0, 0.1) is 0 Å². The van der Waals surface area contributed by atoms with Crippen LogP contribution in [0.15, 0.2) is 68.6 Å². The van der Waals surface area contributed by atoms with Crippen molar-refractivity contribution >= 4 is 49.8 Å². The summed E-state index contributed by atoms with van der Waals surface area (Å²) in [6.45, 7) is 4.56. The van der Waals surface area contributed by atoms with Crippen LogP contribution in [-0.4, -0.2) is 30.3 Å². The highest BCUT2D eigenvalue weighted by Crippen LogP contribution is 2.24. The molecule has 1 aliphatic heterocycles. The molecule has 0 aromatic heterocycles. The molecule has 1 heterocycles. The number of nitrogens with zero attached hydrogens (tertiary/aromatic N) is 1. The third-order valence-electron chi connectivity index (χ3n) is 4.29. The Kier molecular flexibility index (Phi) is 6.63. The van der Waals surface area contributed by atoms with E-state index in [1.54, 1.807) is 0 Å². The van der Waals surface area contributed by atoms with Gasteiger partial charge >= 0.3 is 0 Å². The Morgan fingerprint density at radius 1 is 0.923 bits per heavy atom. The largest absolute Gasteiger partial charge is 0.295 e. The summed E-state index contributed by atoms with van der Waals surface area (Å²) in [6.07, 6.45) is 5.11. The molecule has 1 saturated heterocycles. The fourth-order valence-electron chi connectivity index (χ4n) is 3.18. The molecule has 0 saturated carbocycles. The molecule has 0 bridgehead atoms. The number of benzene rings is 2. The minimum absolute atomic E-state index is 0.150. The Morgan fingerprint density at radius 2 is 1.42 bits per heavy atom. The maximum absolute atomic E-state index is 13.1. The summed E-state index contributed by atoms with van der Waals surface area (Å²) in [7, 11) is 0. The second-order valence-electron chi connectivity index (χ2n) is 6.49. The lowest BCUT2D eigenvalue weighted by atomic mass is 9.94. The zero-order valence-corrected chi connectivity index (χ0v) is 17.9. The van der Waals surface area contributed by atoms with Crippen molar-refractivity contribution in [3.63, 3.8) is 0 Å². The van der Waals surface area contributed by atoms with Crippen LogP contribution in [0.5, 0.6) is 0 Å². The van der Waals surface area contributed by atoms with Gasteiger partial charge in [-0.15, -0.1) is 0 Å². The third kappa shape index (κ3) is 5.03. The molecule has 2 aromatic rings. The molecule has 2 aromatic carbocycles. The lowest BCUT2D eigenvalue weighted by molar-refractivity contribution is -0.113.